The van der Waals surface area contributed by atoms with Crippen LogP contribution in [0.4, 0.5) is 0 Å². The molecule has 7 aromatic rings. The van der Waals surface area contributed by atoms with Crippen molar-refractivity contribution in [2.75, 3.05) is 0 Å². The molecule has 0 aliphatic heterocycles. The number of rotatable bonds is 7. The monoisotopic (exact) mass is 640 g/mol. The summed E-state index contributed by atoms with van der Waals surface area (Å²) in [5.41, 5.74) is 15.1. The molecule has 0 heterocycles. The third kappa shape index (κ3) is 5.84. The van der Waals surface area contributed by atoms with E-state index in [1.165, 1.54) is 88.3 Å². The summed E-state index contributed by atoms with van der Waals surface area (Å²) in [6.45, 7) is 8.37. The quantitative estimate of drug-likeness (QED) is 0.120. The van der Waals surface area contributed by atoms with Crippen LogP contribution in [0.1, 0.15) is 39.8 Å². The van der Waals surface area contributed by atoms with Crippen molar-refractivity contribution < 1.29 is 0 Å². The molecule has 1 aliphatic rings. The number of aryl methyl sites for hydroxylation is 2. The molecule has 1 atom stereocenters. The SMILES string of the molecule is C=Cc1cc(-c2cccc(-c3c4ccccc4c(C4=CCC(/C(=C/c5ccccc5C)c5ccccc5)C=C4)c4ccccc34)c2)ccc1C. The third-order valence-electron chi connectivity index (χ3n) is 10.3. The van der Waals surface area contributed by atoms with Crippen molar-refractivity contribution in [3.05, 3.63) is 204 Å². The first-order valence-corrected chi connectivity index (χ1v) is 17.6. The van der Waals surface area contributed by atoms with Crippen LogP contribution in [0.2, 0.25) is 0 Å². The summed E-state index contributed by atoms with van der Waals surface area (Å²) in [6.07, 6.45) is 12.5. The highest BCUT2D eigenvalue weighted by atomic mass is 14.2. The van der Waals surface area contributed by atoms with E-state index < -0.39 is 0 Å². The van der Waals surface area contributed by atoms with E-state index in [4.69, 9.17) is 0 Å². The molecule has 1 aliphatic carbocycles. The smallest absolute Gasteiger partial charge is 0.00622 e. The molecule has 0 saturated heterocycles. The highest BCUT2D eigenvalue weighted by Crippen LogP contribution is 2.44. The number of allylic oxidation sites excluding steroid dienone is 5. The molecule has 0 amide bonds. The van der Waals surface area contributed by atoms with Crippen molar-refractivity contribution in [3.8, 4) is 22.3 Å². The van der Waals surface area contributed by atoms with Crippen molar-refractivity contribution in [2.24, 2.45) is 5.92 Å². The maximum Gasteiger partial charge on any atom is 0.00622 e. The van der Waals surface area contributed by atoms with Crippen LogP contribution in [0.25, 0.3) is 67.1 Å². The zero-order valence-corrected chi connectivity index (χ0v) is 28.7. The van der Waals surface area contributed by atoms with Crippen molar-refractivity contribution in [1.82, 2.24) is 0 Å². The highest BCUT2D eigenvalue weighted by molar-refractivity contribution is 6.19. The lowest BCUT2D eigenvalue weighted by atomic mass is 9.81. The van der Waals surface area contributed by atoms with Gasteiger partial charge in [0.2, 0.25) is 0 Å². The van der Waals surface area contributed by atoms with Gasteiger partial charge in [0.1, 0.15) is 0 Å². The summed E-state index contributed by atoms with van der Waals surface area (Å²) < 4.78 is 0. The maximum absolute atomic E-state index is 4.04. The molecule has 0 spiro atoms. The fourth-order valence-electron chi connectivity index (χ4n) is 7.63. The Kier molecular flexibility index (Phi) is 8.45. The Morgan fingerprint density at radius 1 is 0.560 bits per heavy atom. The minimum Gasteiger partial charge on any atom is -0.0985 e. The van der Waals surface area contributed by atoms with Crippen molar-refractivity contribution in [3.63, 3.8) is 0 Å². The van der Waals surface area contributed by atoms with Crippen molar-refractivity contribution in [2.45, 2.75) is 20.3 Å². The summed E-state index contributed by atoms with van der Waals surface area (Å²) in [6, 6.07) is 53.1. The molecule has 50 heavy (non-hydrogen) atoms. The molecule has 0 nitrogen and oxygen atoms in total. The topological polar surface area (TPSA) is 0 Å². The van der Waals surface area contributed by atoms with Gasteiger partial charge in [-0.25, -0.2) is 0 Å². The van der Waals surface area contributed by atoms with Crippen molar-refractivity contribution in [1.29, 1.82) is 0 Å². The minimum absolute atomic E-state index is 0.281. The Labute approximate surface area is 296 Å². The average Bonchev–Trinajstić information content (AvgIpc) is 3.17. The van der Waals surface area contributed by atoms with Gasteiger partial charge in [-0.05, 0) is 121 Å². The second kappa shape index (κ2) is 13.5. The van der Waals surface area contributed by atoms with E-state index in [0.29, 0.717) is 0 Å². The Balaban J connectivity index is 1.24. The number of benzene rings is 7. The van der Waals surface area contributed by atoms with Crippen LogP contribution < -0.4 is 0 Å². The normalized spacial score (nSPS) is 14.6. The van der Waals surface area contributed by atoms with E-state index in [2.05, 4.69) is 190 Å². The molecule has 0 aromatic heterocycles. The van der Waals surface area contributed by atoms with Gasteiger partial charge < -0.3 is 0 Å². The van der Waals surface area contributed by atoms with Crippen LogP contribution in [0.5, 0.6) is 0 Å². The largest absolute Gasteiger partial charge is 0.0985 e. The van der Waals surface area contributed by atoms with Crippen LogP contribution >= 0.6 is 0 Å². The lowest BCUT2D eigenvalue weighted by molar-refractivity contribution is 0.849. The predicted molar refractivity (Wildman–Crippen MR) is 218 cm³/mol. The maximum atomic E-state index is 4.04. The van der Waals surface area contributed by atoms with Crippen LogP contribution in [0, 0.1) is 19.8 Å². The number of hydrogen-bond donors (Lipinski definition) is 0. The molecule has 0 fully saturated rings. The molecule has 1 unspecified atom stereocenters. The third-order valence-corrected chi connectivity index (χ3v) is 10.3. The molecule has 7 aromatic carbocycles. The molecule has 8 rings (SSSR count). The van der Waals surface area contributed by atoms with Gasteiger partial charge in [0, 0.05) is 5.92 Å². The van der Waals surface area contributed by atoms with Crippen LogP contribution in [-0.4, -0.2) is 0 Å². The van der Waals surface area contributed by atoms with Gasteiger partial charge in [0.25, 0.3) is 0 Å². The van der Waals surface area contributed by atoms with E-state index in [1.54, 1.807) is 0 Å². The Morgan fingerprint density at radius 3 is 1.82 bits per heavy atom. The summed E-state index contributed by atoms with van der Waals surface area (Å²) in [7, 11) is 0. The molecule has 0 bridgehead atoms. The van der Waals surface area contributed by atoms with E-state index in [1.807, 2.05) is 6.08 Å². The van der Waals surface area contributed by atoms with Crippen molar-refractivity contribution >= 4 is 44.8 Å². The first-order chi connectivity index (χ1) is 24.6. The Hall–Kier alpha value is -5.98. The van der Waals surface area contributed by atoms with E-state index in [-0.39, 0.29) is 5.92 Å². The Bertz CT molecular complexity index is 2430. The van der Waals surface area contributed by atoms with Gasteiger partial charge >= 0.3 is 0 Å². The van der Waals surface area contributed by atoms with Crippen LogP contribution in [0.3, 0.4) is 0 Å². The predicted octanol–water partition coefficient (Wildman–Crippen LogP) is 13.8. The molecular formula is C50H40. The zero-order chi connectivity index (χ0) is 34.0. The molecule has 0 heteroatoms. The molecule has 0 radical (unpaired) electrons. The number of hydrogen-bond acceptors (Lipinski definition) is 0. The van der Waals surface area contributed by atoms with Gasteiger partial charge in [-0.2, -0.15) is 0 Å². The van der Waals surface area contributed by atoms with Gasteiger partial charge in [-0.1, -0.05) is 170 Å². The van der Waals surface area contributed by atoms with E-state index >= 15 is 0 Å². The Morgan fingerprint density at radius 2 is 1.16 bits per heavy atom. The lowest BCUT2D eigenvalue weighted by Crippen LogP contribution is -2.04. The van der Waals surface area contributed by atoms with Crippen LogP contribution in [-0.2, 0) is 0 Å². The van der Waals surface area contributed by atoms with Crippen LogP contribution in [0.15, 0.2) is 170 Å². The lowest BCUT2D eigenvalue weighted by Gasteiger charge is -2.23. The summed E-state index contributed by atoms with van der Waals surface area (Å²) in [5, 5.41) is 5.11. The van der Waals surface area contributed by atoms with E-state index in [0.717, 1.165) is 6.42 Å². The van der Waals surface area contributed by atoms with Gasteiger partial charge in [-0.3, -0.25) is 0 Å². The fourth-order valence-corrected chi connectivity index (χ4v) is 7.63. The molecule has 240 valence electrons. The highest BCUT2D eigenvalue weighted by Gasteiger charge is 2.21. The second-order valence-electron chi connectivity index (χ2n) is 13.4. The van der Waals surface area contributed by atoms with Gasteiger partial charge in [-0.15, -0.1) is 0 Å². The summed E-state index contributed by atoms with van der Waals surface area (Å²) >= 11 is 0. The summed E-state index contributed by atoms with van der Waals surface area (Å²) in [5.74, 6) is 0.281. The molecule has 0 N–H and O–H groups in total. The first kappa shape index (κ1) is 31.3. The fraction of sp³-hybridized carbons (Fsp3) is 0.0800. The molecular weight excluding hydrogens is 601 g/mol. The first-order valence-electron chi connectivity index (χ1n) is 17.6. The van der Waals surface area contributed by atoms with Gasteiger partial charge in [0.05, 0.1) is 0 Å². The minimum atomic E-state index is 0.281. The second-order valence-corrected chi connectivity index (χ2v) is 13.4. The number of fused-ring (bicyclic) bond motifs is 2. The zero-order valence-electron chi connectivity index (χ0n) is 28.7. The average molecular weight is 641 g/mol. The van der Waals surface area contributed by atoms with Gasteiger partial charge in [0.15, 0.2) is 0 Å². The molecule has 0 saturated carbocycles. The van der Waals surface area contributed by atoms with E-state index in [9.17, 15) is 0 Å². The summed E-state index contributed by atoms with van der Waals surface area (Å²) in [4.78, 5) is 0. The standard InChI is InChI=1S/C50H40/c1-4-36-31-42(26-25-35(36)3)41-19-14-20-43(32-41)50-46-23-12-10-21-44(46)49(45-22-11-13-24-47(45)50)39-29-27-38(28-30-39)48(37-16-6-5-7-17-37)33-40-18-9-8-15-34(40)2/h4-27,29-33,38H,1,28H2,2-3H3/b48-33+.